The van der Waals surface area contributed by atoms with E-state index in [1.807, 2.05) is 10.1 Å². The average Bonchev–Trinajstić information content (AvgIpc) is 3.47. The lowest BCUT2D eigenvalue weighted by Crippen LogP contribution is -2.71. The molecule has 1 saturated heterocycles. The van der Waals surface area contributed by atoms with Gasteiger partial charge in [-0.15, -0.1) is 16.9 Å². The van der Waals surface area contributed by atoms with Crippen molar-refractivity contribution in [1.29, 1.82) is 0 Å². The molecule has 0 saturated carbocycles. The third kappa shape index (κ3) is 6.07. The molecule has 0 radical (unpaired) electrons. The minimum Gasteiger partial charge on any atom is -0.508 e. The molecule has 5 rings (SSSR count). The first kappa shape index (κ1) is 30.5. The number of aromatic nitrogens is 6. The summed E-state index contributed by atoms with van der Waals surface area (Å²) in [7, 11) is 0. The van der Waals surface area contributed by atoms with Crippen molar-refractivity contribution in [2.45, 2.75) is 35.6 Å². The van der Waals surface area contributed by atoms with Crippen molar-refractivity contribution in [1.82, 2.24) is 45.9 Å². The molecule has 0 aliphatic carbocycles. The van der Waals surface area contributed by atoms with Gasteiger partial charge in [-0.25, -0.2) is 19.7 Å². The zero-order chi connectivity index (χ0) is 31.7. The number of H-pyrrole nitrogens is 3. The van der Waals surface area contributed by atoms with E-state index >= 15 is 0 Å². The molecule has 44 heavy (non-hydrogen) atoms. The minimum absolute atomic E-state index is 0.124. The molecule has 3 amide bonds. The van der Waals surface area contributed by atoms with Crippen LogP contribution in [-0.2, 0) is 14.4 Å². The Bertz CT molecular complexity index is 1780. The summed E-state index contributed by atoms with van der Waals surface area (Å²) < 4.78 is 0. The van der Waals surface area contributed by atoms with E-state index in [4.69, 9.17) is 5.73 Å². The number of carbonyl (C=O) groups is 4. The molecule has 2 aliphatic heterocycles. The Kier molecular flexibility index (Phi) is 8.56. The summed E-state index contributed by atoms with van der Waals surface area (Å²) >= 11 is 2.42. The highest BCUT2D eigenvalue weighted by Crippen LogP contribution is 2.41. The van der Waals surface area contributed by atoms with E-state index in [2.05, 4.69) is 30.9 Å². The lowest BCUT2D eigenvalue weighted by Gasteiger charge is -2.49. The van der Waals surface area contributed by atoms with E-state index in [1.165, 1.54) is 47.8 Å². The number of hydrogen-bond donors (Lipinski definition) is 8. The first-order valence-electron chi connectivity index (χ1n) is 12.7. The number of aliphatic carboxylic acids is 1. The van der Waals surface area contributed by atoms with Crippen LogP contribution >= 0.6 is 23.5 Å². The molecule has 0 spiro atoms. The fourth-order valence-corrected chi connectivity index (χ4v) is 6.67. The van der Waals surface area contributed by atoms with Crippen molar-refractivity contribution >= 4 is 47.2 Å². The molecule has 0 bridgehead atoms. The van der Waals surface area contributed by atoms with Crippen LogP contribution in [0.5, 0.6) is 5.75 Å². The highest BCUT2D eigenvalue weighted by atomic mass is 32.2. The van der Waals surface area contributed by atoms with Crippen molar-refractivity contribution in [3.63, 3.8) is 0 Å². The molecule has 4 atom stereocenters. The number of phenolic OH excluding ortho intramolecular Hbond substituents is 1. The Balaban J connectivity index is 1.33. The molecule has 9 N–H and O–H groups in total. The molecule has 18 nitrogen and oxygen atoms in total. The second kappa shape index (κ2) is 12.3. The predicted molar refractivity (Wildman–Crippen MR) is 153 cm³/mol. The second-order valence-electron chi connectivity index (χ2n) is 9.59. The molecular formula is C24H24N10O8S2. The number of carboxylic acid groups (broad SMARTS) is 1. The summed E-state index contributed by atoms with van der Waals surface area (Å²) in [5.41, 5.74) is 3.45. The van der Waals surface area contributed by atoms with Gasteiger partial charge in [0.05, 0.1) is 6.04 Å². The maximum atomic E-state index is 13.5. The number of nitrogens with one attached hydrogen (secondary N) is 5. The zero-order valence-corrected chi connectivity index (χ0v) is 24.2. The third-order valence-corrected chi connectivity index (χ3v) is 8.80. The van der Waals surface area contributed by atoms with E-state index in [-0.39, 0.29) is 34.6 Å². The standard InChI is InChI=1S/C24H24N10O8S2/c1-8(25)16-28-24(33-31-16)44-7-10-6-43-21-14(20(39)34(21)15(10)22(40)41)27-17(36)12(9-2-4-11(35)5-3-9)26-18(37)13-19(38)29-23(42)32-30-13/h2-5,8,12,14,21,35H,6-7,25H2,1H3,(H,26,37)(H,27,36)(H,40,41)(H,28,31,33)(H2,29,32,38,42)/t8?,12?,14?,21-/m1/s1. The molecule has 4 heterocycles. The van der Waals surface area contributed by atoms with Crippen LogP contribution in [0, 0.1) is 0 Å². The summed E-state index contributed by atoms with van der Waals surface area (Å²) in [4.78, 5) is 82.3. The molecule has 2 aliphatic rings. The van der Waals surface area contributed by atoms with Crippen LogP contribution in [0.1, 0.15) is 40.9 Å². The minimum atomic E-state index is -1.48. The fraction of sp³-hybridized carbons (Fsp3) is 0.292. The van der Waals surface area contributed by atoms with E-state index < -0.39 is 58.1 Å². The van der Waals surface area contributed by atoms with Crippen LogP contribution in [0.2, 0.25) is 0 Å². The number of fused-ring (bicyclic) bond motifs is 1. The van der Waals surface area contributed by atoms with Gasteiger partial charge in [-0.1, -0.05) is 23.9 Å². The molecule has 2 aromatic heterocycles. The van der Waals surface area contributed by atoms with Crippen LogP contribution in [0.15, 0.2) is 50.3 Å². The first-order chi connectivity index (χ1) is 20.9. The number of nitrogens with zero attached hydrogens (tertiary/aromatic N) is 4. The number of nitrogens with two attached hydrogens (primary N) is 1. The van der Waals surface area contributed by atoms with Gasteiger partial charge in [0.2, 0.25) is 16.8 Å². The summed E-state index contributed by atoms with van der Waals surface area (Å²) in [6, 6.07) is 2.23. The normalized spacial score (nSPS) is 19.0. The lowest BCUT2D eigenvalue weighted by atomic mass is 10.0. The summed E-state index contributed by atoms with van der Waals surface area (Å²) in [5.74, 6) is -3.20. The average molecular weight is 645 g/mol. The van der Waals surface area contributed by atoms with Crippen LogP contribution in [0.25, 0.3) is 0 Å². The number of thioether (sulfide) groups is 2. The monoisotopic (exact) mass is 644 g/mol. The topological polar surface area (TPSA) is 282 Å². The van der Waals surface area contributed by atoms with Gasteiger partial charge in [-0.2, -0.15) is 5.10 Å². The van der Waals surface area contributed by atoms with Crippen molar-refractivity contribution in [2.24, 2.45) is 5.73 Å². The number of rotatable bonds is 10. The number of phenols is 1. The maximum absolute atomic E-state index is 13.5. The van der Waals surface area contributed by atoms with E-state index in [1.54, 1.807) is 6.92 Å². The molecule has 1 aromatic carbocycles. The summed E-state index contributed by atoms with van der Waals surface area (Å²) in [5, 5.41) is 36.3. The quantitative estimate of drug-likeness (QED) is 0.0903. The Labute approximate surface area is 254 Å². The van der Waals surface area contributed by atoms with Crippen LogP contribution < -0.4 is 27.6 Å². The number of hydrogen-bond acceptors (Lipinski definition) is 13. The molecule has 1 fully saturated rings. The summed E-state index contributed by atoms with van der Waals surface area (Å²) in [6.45, 7) is 1.73. The Hall–Kier alpha value is -4.95. The molecule has 3 unspecified atom stereocenters. The van der Waals surface area contributed by atoms with E-state index in [0.717, 1.165) is 4.90 Å². The molecule has 230 valence electrons. The number of aromatic amines is 3. The SMILES string of the molecule is CC(N)c1nc(SCC2=C(C(=O)O)N3C(=O)C(NC(=O)C(NC(=O)c4n[nH]c(=O)[nH]c4=O)c4ccc(O)cc4)[C@H]3SC2)n[nH]1. The largest absolute Gasteiger partial charge is 0.508 e. The van der Waals surface area contributed by atoms with Gasteiger partial charge >= 0.3 is 11.7 Å². The number of aromatic hydroxyl groups is 1. The van der Waals surface area contributed by atoms with Gasteiger partial charge in [-0.3, -0.25) is 34.2 Å². The maximum Gasteiger partial charge on any atom is 0.352 e. The van der Waals surface area contributed by atoms with Gasteiger partial charge in [0.25, 0.3) is 17.4 Å². The Morgan fingerprint density at radius 2 is 1.91 bits per heavy atom. The Morgan fingerprint density at radius 1 is 1.18 bits per heavy atom. The van der Waals surface area contributed by atoms with Gasteiger partial charge < -0.3 is 26.6 Å². The number of carboxylic acids is 1. The van der Waals surface area contributed by atoms with Crippen molar-refractivity contribution in [3.05, 3.63) is 73.5 Å². The highest BCUT2D eigenvalue weighted by molar-refractivity contribution is 8.01. The molecule has 3 aromatic rings. The second-order valence-corrected chi connectivity index (χ2v) is 11.6. The fourth-order valence-electron chi connectivity index (χ4n) is 4.38. The number of amides is 3. The number of benzene rings is 1. The predicted octanol–water partition coefficient (Wildman–Crippen LogP) is -1.70. The summed E-state index contributed by atoms with van der Waals surface area (Å²) in [6.07, 6.45) is 0. The first-order valence-corrected chi connectivity index (χ1v) is 14.8. The van der Waals surface area contributed by atoms with E-state index in [9.17, 15) is 39.0 Å². The Morgan fingerprint density at radius 3 is 2.55 bits per heavy atom. The van der Waals surface area contributed by atoms with Crippen LogP contribution in [-0.4, -0.2) is 92.1 Å². The van der Waals surface area contributed by atoms with Gasteiger partial charge in [0.1, 0.15) is 34.7 Å². The zero-order valence-electron chi connectivity index (χ0n) is 22.6. The van der Waals surface area contributed by atoms with Crippen molar-refractivity contribution < 1.29 is 29.4 Å². The van der Waals surface area contributed by atoms with E-state index in [0.29, 0.717) is 16.6 Å². The van der Waals surface area contributed by atoms with Gasteiger partial charge in [-0.05, 0) is 30.2 Å². The van der Waals surface area contributed by atoms with Crippen molar-refractivity contribution in [2.75, 3.05) is 11.5 Å². The third-order valence-electron chi connectivity index (χ3n) is 6.53. The number of carbonyl (C=O) groups excluding carboxylic acids is 3. The highest BCUT2D eigenvalue weighted by Gasteiger charge is 2.54. The number of β-lactam (4-membered cyclic amide) rings is 1. The van der Waals surface area contributed by atoms with Crippen LogP contribution in [0.4, 0.5) is 0 Å². The van der Waals surface area contributed by atoms with Crippen LogP contribution in [0.3, 0.4) is 0 Å². The molecular weight excluding hydrogens is 620 g/mol. The smallest absolute Gasteiger partial charge is 0.352 e. The van der Waals surface area contributed by atoms with Gasteiger partial charge in [0, 0.05) is 11.5 Å². The van der Waals surface area contributed by atoms with Gasteiger partial charge in [0.15, 0.2) is 0 Å². The van der Waals surface area contributed by atoms with Crippen molar-refractivity contribution in [3.8, 4) is 5.75 Å². The lowest BCUT2D eigenvalue weighted by molar-refractivity contribution is -0.151. The molecule has 20 heteroatoms.